The average molecular weight is 206 g/mol. The van der Waals surface area contributed by atoms with E-state index in [1.54, 1.807) is 0 Å². The molecule has 2 aromatic rings. The molecule has 0 spiro atoms. The van der Waals surface area contributed by atoms with Gasteiger partial charge in [-0.15, -0.1) is 0 Å². The summed E-state index contributed by atoms with van der Waals surface area (Å²) in [7, 11) is 0. The largest absolute Gasteiger partial charge is 0.487 e. The van der Waals surface area contributed by atoms with Gasteiger partial charge in [-0.1, -0.05) is 6.07 Å². The van der Waals surface area contributed by atoms with Crippen molar-refractivity contribution >= 4 is 21.6 Å². The summed E-state index contributed by atoms with van der Waals surface area (Å²) >= 11 is 1.51. The smallest absolute Gasteiger partial charge is 0.130 e. The van der Waals surface area contributed by atoms with Crippen LogP contribution in [0.25, 0.3) is 10.1 Å². The van der Waals surface area contributed by atoms with Gasteiger partial charge in [0.2, 0.25) is 0 Å². The first-order valence-electron chi connectivity index (χ1n) is 4.64. The van der Waals surface area contributed by atoms with Gasteiger partial charge >= 0.3 is 0 Å². The summed E-state index contributed by atoms with van der Waals surface area (Å²) in [4.78, 5) is 0. The summed E-state index contributed by atoms with van der Waals surface area (Å²) in [5, 5.41) is 4.31. The minimum absolute atomic E-state index is 0.334. The van der Waals surface area contributed by atoms with E-state index in [1.807, 2.05) is 18.3 Å². The van der Waals surface area contributed by atoms with E-state index < -0.39 is 0 Å². The van der Waals surface area contributed by atoms with E-state index in [0.717, 1.165) is 24.2 Å². The number of aromatic nitrogens is 1. The van der Waals surface area contributed by atoms with Crippen LogP contribution in [0.1, 0.15) is 0 Å². The highest BCUT2D eigenvalue weighted by Crippen LogP contribution is 2.28. The molecular weight excluding hydrogens is 196 g/mol. The van der Waals surface area contributed by atoms with Crippen molar-refractivity contribution < 1.29 is 4.74 Å². The van der Waals surface area contributed by atoms with Crippen LogP contribution in [0.15, 0.2) is 24.4 Å². The summed E-state index contributed by atoms with van der Waals surface area (Å²) in [5.74, 6) is 0.961. The molecule has 72 valence electrons. The Morgan fingerprint density at radius 2 is 2.36 bits per heavy atom. The third-order valence-corrected chi connectivity index (χ3v) is 3.16. The van der Waals surface area contributed by atoms with Crippen molar-refractivity contribution in [1.82, 2.24) is 9.69 Å². The highest BCUT2D eigenvalue weighted by molar-refractivity contribution is 7.13. The second-order valence-corrected chi connectivity index (χ2v) is 4.23. The molecule has 0 amide bonds. The topological polar surface area (TPSA) is 34.1 Å². The lowest BCUT2D eigenvalue weighted by molar-refractivity contribution is 0.144. The fourth-order valence-corrected chi connectivity index (χ4v) is 2.16. The fraction of sp³-hybridized carbons (Fsp3) is 0.300. The molecule has 0 radical (unpaired) electrons. The Bertz CT molecular complexity index is 450. The van der Waals surface area contributed by atoms with Gasteiger partial charge in [0.05, 0.1) is 16.3 Å². The van der Waals surface area contributed by atoms with Gasteiger partial charge in [-0.25, -0.2) is 0 Å². The minimum Gasteiger partial charge on any atom is -0.487 e. The van der Waals surface area contributed by atoms with E-state index in [-0.39, 0.29) is 0 Å². The number of nitrogens with zero attached hydrogens (tertiary/aromatic N) is 1. The molecule has 0 saturated carbocycles. The normalized spacial score (nSPS) is 16.9. The number of rotatable bonds is 2. The predicted molar refractivity (Wildman–Crippen MR) is 56.9 cm³/mol. The number of nitrogens with one attached hydrogen (secondary N) is 1. The van der Waals surface area contributed by atoms with Gasteiger partial charge in [-0.05, 0) is 23.7 Å². The first kappa shape index (κ1) is 8.20. The van der Waals surface area contributed by atoms with Gasteiger partial charge in [0.1, 0.15) is 11.9 Å². The Balaban J connectivity index is 1.97. The Morgan fingerprint density at radius 3 is 3.14 bits per heavy atom. The zero-order chi connectivity index (χ0) is 9.38. The van der Waals surface area contributed by atoms with Crippen LogP contribution in [0.4, 0.5) is 0 Å². The molecule has 1 N–H and O–H groups in total. The van der Waals surface area contributed by atoms with Gasteiger partial charge in [0, 0.05) is 13.1 Å². The fourth-order valence-electron chi connectivity index (χ4n) is 1.49. The number of benzene rings is 1. The lowest BCUT2D eigenvalue weighted by Gasteiger charge is -2.27. The molecule has 1 aliphatic rings. The highest BCUT2D eigenvalue weighted by atomic mass is 32.1. The lowest BCUT2D eigenvalue weighted by atomic mass is 10.2. The predicted octanol–water partition coefficient (Wildman–Crippen LogP) is 1.65. The van der Waals surface area contributed by atoms with Crippen LogP contribution < -0.4 is 10.1 Å². The van der Waals surface area contributed by atoms with Gasteiger partial charge in [0.15, 0.2) is 0 Å². The zero-order valence-corrected chi connectivity index (χ0v) is 8.38. The van der Waals surface area contributed by atoms with Crippen LogP contribution in [0, 0.1) is 0 Å². The summed E-state index contributed by atoms with van der Waals surface area (Å²) in [6.07, 6.45) is 2.21. The van der Waals surface area contributed by atoms with E-state index in [1.165, 1.54) is 16.2 Å². The highest BCUT2D eigenvalue weighted by Gasteiger charge is 2.19. The summed E-state index contributed by atoms with van der Waals surface area (Å²) in [5.41, 5.74) is 0. The van der Waals surface area contributed by atoms with Crippen LogP contribution in [-0.4, -0.2) is 23.6 Å². The second-order valence-electron chi connectivity index (χ2n) is 3.39. The van der Waals surface area contributed by atoms with Crippen LogP contribution in [0.3, 0.4) is 0 Å². The van der Waals surface area contributed by atoms with E-state index in [0.29, 0.717) is 6.10 Å². The first-order chi connectivity index (χ1) is 6.93. The van der Waals surface area contributed by atoms with Gasteiger partial charge < -0.3 is 10.1 Å². The van der Waals surface area contributed by atoms with Crippen molar-refractivity contribution in [2.24, 2.45) is 0 Å². The van der Waals surface area contributed by atoms with Crippen LogP contribution in [0.2, 0.25) is 0 Å². The van der Waals surface area contributed by atoms with Gasteiger partial charge in [-0.3, -0.25) is 0 Å². The third-order valence-electron chi connectivity index (χ3n) is 2.40. The summed E-state index contributed by atoms with van der Waals surface area (Å²) in [6.45, 7) is 1.90. The Labute approximate surface area is 85.9 Å². The molecule has 1 aliphatic heterocycles. The van der Waals surface area contributed by atoms with E-state index in [4.69, 9.17) is 4.74 Å². The Morgan fingerprint density at radius 1 is 1.43 bits per heavy atom. The molecule has 3 rings (SSSR count). The van der Waals surface area contributed by atoms with E-state index in [2.05, 4.69) is 15.8 Å². The van der Waals surface area contributed by atoms with Crippen molar-refractivity contribution in [1.29, 1.82) is 0 Å². The van der Waals surface area contributed by atoms with Crippen LogP contribution >= 0.6 is 11.5 Å². The zero-order valence-electron chi connectivity index (χ0n) is 7.56. The standard InChI is InChI=1S/C10H10N2OS/c1-2-9(13-7-4-11-5-7)8-6-12-14-10(8)3-1/h1-3,6-7,11H,4-5H2. The summed E-state index contributed by atoms with van der Waals surface area (Å²) < 4.78 is 11.2. The molecule has 1 saturated heterocycles. The average Bonchev–Trinajstić information content (AvgIpc) is 2.59. The lowest BCUT2D eigenvalue weighted by Crippen LogP contribution is -2.50. The van der Waals surface area contributed by atoms with Crippen molar-refractivity contribution in [3.05, 3.63) is 24.4 Å². The molecular formula is C10H10N2OS. The van der Waals surface area contributed by atoms with Crippen molar-refractivity contribution in [3.63, 3.8) is 0 Å². The van der Waals surface area contributed by atoms with Crippen LogP contribution in [-0.2, 0) is 0 Å². The first-order valence-corrected chi connectivity index (χ1v) is 5.41. The van der Waals surface area contributed by atoms with Gasteiger partial charge in [-0.2, -0.15) is 4.37 Å². The molecule has 0 bridgehead atoms. The van der Waals surface area contributed by atoms with E-state index >= 15 is 0 Å². The van der Waals surface area contributed by atoms with E-state index in [9.17, 15) is 0 Å². The maximum absolute atomic E-state index is 5.83. The molecule has 3 nitrogen and oxygen atoms in total. The minimum atomic E-state index is 0.334. The molecule has 4 heteroatoms. The van der Waals surface area contributed by atoms with Crippen molar-refractivity contribution in [2.45, 2.75) is 6.10 Å². The molecule has 1 aromatic carbocycles. The maximum Gasteiger partial charge on any atom is 0.130 e. The number of ether oxygens (including phenoxy) is 1. The molecule has 14 heavy (non-hydrogen) atoms. The SMILES string of the molecule is c1cc(OC2CNC2)c2cnsc2c1. The quantitative estimate of drug-likeness (QED) is 0.811. The molecule has 1 aromatic heterocycles. The third kappa shape index (κ3) is 1.27. The maximum atomic E-state index is 5.83. The van der Waals surface area contributed by atoms with Crippen LogP contribution in [0.5, 0.6) is 5.75 Å². The van der Waals surface area contributed by atoms with Gasteiger partial charge in [0.25, 0.3) is 0 Å². The molecule has 1 fully saturated rings. The molecule has 2 heterocycles. The molecule has 0 aliphatic carbocycles. The summed E-state index contributed by atoms with van der Waals surface area (Å²) in [6, 6.07) is 6.09. The monoisotopic (exact) mass is 206 g/mol. The van der Waals surface area contributed by atoms with Crippen molar-refractivity contribution in [2.75, 3.05) is 13.1 Å². The molecule has 0 unspecified atom stereocenters. The molecule has 0 atom stereocenters. The van der Waals surface area contributed by atoms with Crippen molar-refractivity contribution in [3.8, 4) is 5.75 Å². The number of fused-ring (bicyclic) bond motifs is 1. The number of hydrogen-bond donors (Lipinski definition) is 1. The second kappa shape index (κ2) is 3.22. The number of hydrogen-bond acceptors (Lipinski definition) is 4. The Kier molecular flexibility index (Phi) is 1.89. The Hall–Kier alpha value is -1.13.